The van der Waals surface area contributed by atoms with Crippen molar-refractivity contribution in [3.63, 3.8) is 0 Å². The fourth-order valence-corrected chi connectivity index (χ4v) is 1.61. The second-order valence-electron chi connectivity index (χ2n) is 3.28. The molecule has 1 aromatic rings. The molecule has 1 fully saturated rings. The first kappa shape index (κ1) is 8.99. The molecule has 0 unspecified atom stereocenters. The Morgan fingerprint density at radius 2 is 2.21 bits per heavy atom. The number of anilines is 1. The molecule has 0 aromatic heterocycles. The predicted octanol–water partition coefficient (Wildman–Crippen LogP) is 1.66. The summed E-state index contributed by atoms with van der Waals surface area (Å²) in [4.78, 5) is 12.7. The van der Waals surface area contributed by atoms with Gasteiger partial charge in [0.2, 0.25) is 5.91 Å². The van der Waals surface area contributed by atoms with Crippen molar-refractivity contribution in [2.45, 2.75) is 12.8 Å². The molecular formula is C10H10FNO2. The molecule has 1 saturated heterocycles. The number of nitrogens with zero attached hydrogens (tertiary/aromatic N) is 1. The van der Waals surface area contributed by atoms with Crippen molar-refractivity contribution in [1.29, 1.82) is 0 Å². The molecule has 4 heteroatoms. The molecule has 0 atom stereocenters. The Labute approximate surface area is 80.8 Å². The summed E-state index contributed by atoms with van der Waals surface area (Å²) in [7, 11) is 0. The smallest absolute Gasteiger partial charge is 0.227 e. The Morgan fingerprint density at radius 1 is 1.43 bits per heavy atom. The third-order valence-corrected chi connectivity index (χ3v) is 2.29. The average Bonchev–Trinajstić information content (AvgIpc) is 2.56. The molecule has 0 radical (unpaired) electrons. The van der Waals surface area contributed by atoms with Crippen molar-refractivity contribution in [3.05, 3.63) is 24.0 Å². The summed E-state index contributed by atoms with van der Waals surface area (Å²) in [5.41, 5.74) is 0.174. The topological polar surface area (TPSA) is 40.5 Å². The number of phenolic OH excluding ortho intramolecular Hbond substituents is 1. The third-order valence-electron chi connectivity index (χ3n) is 2.29. The van der Waals surface area contributed by atoms with Crippen LogP contribution in [0.1, 0.15) is 12.8 Å². The molecule has 14 heavy (non-hydrogen) atoms. The molecule has 0 aliphatic carbocycles. The molecule has 1 amide bonds. The lowest BCUT2D eigenvalue weighted by Gasteiger charge is -2.16. The molecule has 1 aromatic carbocycles. The van der Waals surface area contributed by atoms with Gasteiger partial charge in [-0.05, 0) is 18.6 Å². The Balaban J connectivity index is 2.39. The molecule has 74 valence electrons. The van der Waals surface area contributed by atoms with E-state index in [0.29, 0.717) is 13.0 Å². The molecule has 1 aliphatic rings. The SMILES string of the molecule is O=C1CCCN1c1cc(O)ccc1F. The highest BCUT2D eigenvalue weighted by atomic mass is 19.1. The number of halogens is 1. The summed E-state index contributed by atoms with van der Waals surface area (Å²) in [6.45, 7) is 0.527. The maximum atomic E-state index is 13.3. The maximum Gasteiger partial charge on any atom is 0.227 e. The van der Waals surface area contributed by atoms with Crippen molar-refractivity contribution in [1.82, 2.24) is 0 Å². The van der Waals surface area contributed by atoms with Gasteiger partial charge in [-0.3, -0.25) is 4.79 Å². The standard InChI is InChI=1S/C10H10FNO2/c11-8-4-3-7(13)6-9(8)12-5-1-2-10(12)14/h3-4,6,13H,1-2,5H2. The number of carbonyl (C=O) groups is 1. The Morgan fingerprint density at radius 3 is 2.86 bits per heavy atom. The molecule has 1 N–H and O–H groups in total. The van der Waals surface area contributed by atoms with Gasteiger partial charge in [0.05, 0.1) is 5.69 Å². The summed E-state index contributed by atoms with van der Waals surface area (Å²) in [6.07, 6.45) is 1.20. The molecule has 1 heterocycles. The van der Waals surface area contributed by atoms with Crippen LogP contribution in [-0.4, -0.2) is 17.6 Å². The molecule has 3 nitrogen and oxygen atoms in total. The minimum Gasteiger partial charge on any atom is -0.508 e. The zero-order valence-electron chi connectivity index (χ0n) is 7.53. The van der Waals surface area contributed by atoms with E-state index < -0.39 is 5.82 Å². The van der Waals surface area contributed by atoms with E-state index in [2.05, 4.69) is 0 Å². The lowest BCUT2D eigenvalue weighted by atomic mass is 10.2. The zero-order valence-corrected chi connectivity index (χ0v) is 7.53. The van der Waals surface area contributed by atoms with Gasteiger partial charge in [-0.15, -0.1) is 0 Å². The molecule has 0 bridgehead atoms. The van der Waals surface area contributed by atoms with E-state index in [4.69, 9.17) is 0 Å². The van der Waals surface area contributed by atoms with E-state index in [-0.39, 0.29) is 17.3 Å². The number of carbonyl (C=O) groups excluding carboxylic acids is 1. The van der Waals surface area contributed by atoms with Gasteiger partial charge < -0.3 is 10.0 Å². The van der Waals surface area contributed by atoms with Gasteiger partial charge in [0.1, 0.15) is 11.6 Å². The van der Waals surface area contributed by atoms with E-state index in [1.165, 1.54) is 17.0 Å². The normalized spacial score (nSPS) is 16.4. The van der Waals surface area contributed by atoms with Crippen LogP contribution in [-0.2, 0) is 4.79 Å². The van der Waals surface area contributed by atoms with E-state index in [0.717, 1.165) is 12.5 Å². The highest BCUT2D eigenvalue weighted by Crippen LogP contribution is 2.27. The predicted molar refractivity (Wildman–Crippen MR) is 49.7 cm³/mol. The molecular weight excluding hydrogens is 185 g/mol. The fraction of sp³-hybridized carbons (Fsp3) is 0.300. The second-order valence-corrected chi connectivity index (χ2v) is 3.28. The summed E-state index contributed by atoms with van der Waals surface area (Å²) in [5, 5.41) is 9.18. The Bertz CT molecular complexity index is 378. The van der Waals surface area contributed by atoms with Crippen molar-refractivity contribution in [3.8, 4) is 5.75 Å². The third kappa shape index (κ3) is 1.43. The minimum atomic E-state index is -0.474. The number of amides is 1. The Kier molecular flexibility index (Phi) is 2.11. The van der Waals surface area contributed by atoms with Crippen LogP contribution in [0.4, 0.5) is 10.1 Å². The van der Waals surface area contributed by atoms with E-state index >= 15 is 0 Å². The number of hydrogen-bond donors (Lipinski definition) is 1. The van der Waals surface area contributed by atoms with Gasteiger partial charge >= 0.3 is 0 Å². The largest absolute Gasteiger partial charge is 0.508 e. The molecule has 2 rings (SSSR count). The first-order valence-electron chi connectivity index (χ1n) is 4.47. The fourth-order valence-electron chi connectivity index (χ4n) is 1.61. The summed E-state index contributed by atoms with van der Waals surface area (Å²) < 4.78 is 13.3. The maximum absolute atomic E-state index is 13.3. The van der Waals surface area contributed by atoms with Crippen LogP contribution in [0, 0.1) is 5.82 Å². The van der Waals surface area contributed by atoms with Gasteiger partial charge in [0, 0.05) is 19.0 Å². The van der Waals surface area contributed by atoms with Gasteiger partial charge in [-0.2, -0.15) is 0 Å². The monoisotopic (exact) mass is 195 g/mol. The van der Waals surface area contributed by atoms with Crippen LogP contribution < -0.4 is 4.90 Å². The quantitative estimate of drug-likeness (QED) is 0.740. The van der Waals surface area contributed by atoms with Crippen molar-refractivity contribution >= 4 is 11.6 Å². The summed E-state index contributed by atoms with van der Waals surface area (Å²) in [6, 6.07) is 3.70. The number of aromatic hydroxyl groups is 1. The number of phenols is 1. The number of benzene rings is 1. The Hall–Kier alpha value is -1.58. The summed E-state index contributed by atoms with van der Waals surface area (Å²) >= 11 is 0. The van der Waals surface area contributed by atoms with Crippen LogP contribution in [0.3, 0.4) is 0 Å². The van der Waals surface area contributed by atoms with Crippen LogP contribution in [0.15, 0.2) is 18.2 Å². The van der Waals surface area contributed by atoms with Crippen molar-refractivity contribution in [2.75, 3.05) is 11.4 Å². The second kappa shape index (κ2) is 3.29. The molecule has 1 aliphatic heterocycles. The first-order chi connectivity index (χ1) is 6.68. The van der Waals surface area contributed by atoms with Crippen LogP contribution in [0.25, 0.3) is 0 Å². The van der Waals surface area contributed by atoms with Crippen LogP contribution in [0.5, 0.6) is 5.75 Å². The van der Waals surface area contributed by atoms with E-state index in [9.17, 15) is 14.3 Å². The van der Waals surface area contributed by atoms with Gasteiger partial charge in [0.25, 0.3) is 0 Å². The van der Waals surface area contributed by atoms with E-state index in [1.54, 1.807) is 0 Å². The first-order valence-corrected chi connectivity index (χ1v) is 4.47. The van der Waals surface area contributed by atoms with E-state index in [1.807, 2.05) is 0 Å². The van der Waals surface area contributed by atoms with Gasteiger partial charge in [0.15, 0.2) is 0 Å². The number of rotatable bonds is 1. The van der Waals surface area contributed by atoms with Gasteiger partial charge in [-0.1, -0.05) is 0 Å². The minimum absolute atomic E-state index is 0.0268. The van der Waals surface area contributed by atoms with Crippen LogP contribution in [0.2, 0.25) is 0 Å². The highest BCUT2D eigenvalue weighted by molar-refractivity contribution is 5.95. The number of hydrogen-bond acceptors (Lipinski definition) is 2. The van der Waals surface area contributed by atoms with Crippen LogP contribution >= 0.6 is 0 Å². The molecule has 0 saturated carbocycles. The average molecular weight is 195 g/mol. The van der Waals surface area contributed by atoms with Crippen molar-refractivity contribution < 1.29 is 14.3 Å². The lowest BCUT2D eigenvalue weighted by Crippen LogP contribution is -2.24. The van der Waals surface area contributed by atoms with Gasteiger partial charge in [-0.25, -0.2) is 4.39 Å². The lowest BCUT2D eigenvalue weighted by molar-refractivity contribution is -0.117. The summed E-state index contributed by atoms with van der Waals surface area (Å²) in [5.74, 6) is -0.589. The molecule has 0 spiro atoms. The highest BCUT2D eigenvalue weighted by Gasteiger charge is 2.24. The zero-order chi connectivity index (χ0) is 10.1. The van der Waals surface area contributed by atoms with Crippen molar-refractivity contribution in [2.24, 2.45) is 0 Å².